The molecule has 1 heterocycles. The molecule has 1 aromatic heterocycles. The number of rotatable bonds is 4. The lowest BCUT2D eigenvalue weighted by atomic mass is 10.0. The average molecular weight is 429 g/mol. The van der Waals surface area contributed by atoms with Gasteiger partial charge in [0.15, 0.2) is 5.13 Å². The SMILES string of the molecule is COc1ccc2ccccc2c1-c1csc(NC(=O)c2ccc(Cl)cc2Cl)n1. The van der Waals surface area contributed by atoms with E-state index in [9.17, 15) is 4.79 Å². The number of methoxy groups -OCH3 is 1. The summed E-state index contributed by atoms with van der Waals surface area (Å²) in [6.45, 7) is 0. The molecular formula is C21H14Cl2N2O2S. The first kappa shape index (κ1) is 18.7. The van der Waals surface area contributed by atoms with E-state index in [2.05, 4.69) is 10.3 Å². The Morgan fingerprint density at radius 2 is 1.93 bits per heavy atom. The zero-order valence-electron chi connectivity index (χ0n) is 14.7. The summed E-state index contributed by atoms with van der Waals surface area (Å²) in [6.07, 6.45) is 0. The van der Waals surface area contributed by atoms with E-state index >= 15 is 0 Å². The third-order valence-electron chi connectivity index (χ3n) is 4.27. The Hall–Kier alpha value is -2.60. The number of thiazole rings is 1. The van der Waals surface area contributed by atoms with Crippen LogP contribution in [0.15, 0.2) is 60.0 Å². The molecule has 3 aromatic carbocycles. The number of ether oxygens (including phenoxy) is 1. The number of amides is 1. The van der Waals surface area contributed by atoms with Crippen molar-refractivity contribution in [2.24, 2.45) is 0 Å². The van der Waals surface area contributed by atoms with Crippen LogP contribution in [0, 0.1) is 0 Å². The van der Waals surface area contributed by atoms with E-state index in [-0.39, 0.29) is 10.9 Å². The number of anilines is 1. The van der Waals surface area contributed by atoms with Gasteiger partial charge in [0.1, 0.15) is 5.75 Å². The second kappa shape index (κ2) is 7.80. The zero-order chi connectivity index (χ0) is 19.7. The van der Waals surface area contributed by atoms with Gasteiger partial charge in [-0.2, -0.15) is 0 Å². The highest BCUT2D eigenvalue weighted by atomic mass is 35.5. The fourth-order valence-corrected chi connectivity index (χ4v) is 4.16. The third kappa shape index (κ3) is 3.56. The summed E-state index contributed by atoms with van der Waals surface area (Å²) < 4.78 is 5.54. The number of nitrogens with zero attached hydrogens (tertiary/aromatic N) is 1. The highest BCUT2D eigenvalue weighted by molar-refractivity contribution is 7.14. The molecule has 4 nitrogen and oxygen atoms in total. The Balaban J connectivity index is 1.69. The molecular weight excluding hydrogens is 415 g/mol. The third-order valence-corrected chi connectivity index (χ3v) is 5.57. The molecule has 1 N–H and O–H groups in total. The van der Waals surface area contributed by atoms with Crippen LogP contribution in [0.4, 0.5) is 5.13 Å². The maximum Gasteiger partial charge on any atom is 0.258 e. The molecule has 28 heavy (non-hydrogen) atoms. The Bertz CT molecular complexity index is 1190. The lowest BCUT2D eigenvalue weighted by Gasteiger charge is -2.10. The Kier molecular flexibility index (Phi) is 5.22. The Morgan fingerprint density at radius 1 is 1.11 bits per heavy atom. The van der Waals surface area contributed by atoms with Crippen molar-refractivity contribution in [2.75, 3.05) is 12.4 Å². The molecule has 0 atom stereocenters. The molecule has 7 heteroatoms. The molecule has 0 unspecified atom stereocenters. The van der Waals surface area contributed by atoms with E-state index in [4.69, 9.17) is 27.9 Å². The van der Waals surface area contributed by atoms with Gasteiger partial charge in [0.2, 0.25) is 0 Å². The molecule has 0 saturated heterocycles. The van der Waals surface area contributed by atoms with Gasteiger partial charge in [0.05, 0.1) is 29.0 Å². The number of fused-ring (bicyclic) bond motifs is 1. The van der Waals surface area contributed by atoms with E-state index in [1.807, 2.05) is 41.8 Å². The van der Waals surface area contributed by atoms with Crippen LogP contribution in [-0.4, -0.2) is 18.0 Å². The second-order valence-electron chi connectivity index (χ2n) is 5.98. The van der Waals surface area contributed by atoms with Gasteiger partial charge in [-0.25, -0.2) is 4.98 Å². The molecule has 0 aliphatic heterocycles. The summed E-state index contributed by atoms with van der Waals surface area (Å²) in [4.78, 5) is 17.1. The number of nitrogens with one attached hydrogen (secondary N) is 1. The first-order chi connectivity index (χ1) is 13.6. The molecule has 140 valence electrons. The summed E-state index contributed by atoms with van der Waals surface area (Å²) in [6, 6.07) is 16.7. The zero-order valence-corrected chi connectivity index (χ0v) is 17.0. The quantitative estimate of drug-likeness (QED) is 0.401. The number of benzene rings is 3. The maximum atomic E-state index is 12.5. The number of aromatic nitrogens is 1. The van der Waals surface area contributed by atoms with Crippen molar-refractivity contribution in [3.8, 4) is 17.0 Å². The van der Waals surface area contributed by atoms with Crippen LogP contribution in [0.25, 0.3) is 22.0 Å². The summed E-state index contributed by atoms with van der Waals surface area (Å²) in [5, 5.41) is 8.04. The van der Waals surface area contributed by atoms with Crippen LogP contribution >= 0.6 is 34.5 Å². The van der Waals surface area contributed by atoms with Gasteiger partial charge >= 0.3 is 0 Å². The molecule has 0 aliphatic rings. The highest BCUT2D eigenvalue weighted by Gasteiger charge is 2.16. The first-order valence-corrected chi connectivity index (χ1v) is 9.98. The molecule has 0 spiro atoms. The molecule has 4 rings (SSSR count). The minimum atomic E-state index is -0.340. The standard InChI is InChI=1S/C21H14Cl2N2O2S/c1-27-18-9-6-12-4-2-3-5-14(12)19(18)17-11-28-21(24-17)25-20(26)15-8-7-13(22)10-16(15)23/h2-11H,1H3,(H,24,25,26). The van der Waals surface area contributed by atoms with E-state index in [0.717, 1.165) is 27.8 Å². The molecule has 0 radical (unpaired) electrons. The average Bonchev–Trinajstić information content (AvgIpc) is 3.14. The monoisotopic (exact) mass is 428 g/mol. The smallest absolute Gasteiger partial charge is 0.258 e. The van der Waals surface area contributed by atoms with E-state index in [1.165, 1.54) is 17.4 Å². The van der Waals surface area contributed by atoms with Crippen LogP contribution in [0.1, 0.15) is 10.4 Å². The van der Waals surface area contributed by atoms with Crippen LogP contribution < -0.4 is 10.1 Å². The Labute approximate surface area is 175 Å². The van der Waals surface area contributed by atoms with E-state index < -0.39 is 0 Å². The van der Waals surface area contributed by atoms with Gasteiger partial charge in [-0.3, -0.25) is 10.1 Å². The van der Waals surface area contributed by atoms with Crippen molar-refractivity contribution >= 4 is 56.3 Å². The minimum absolute atomic E-state index is 0.289. The van der Waals surface area contributed by atoms with Crippen LogP contribution in [-0.2, 0) is 0 Å². The largest absolute Gasteiger partial charge is 0.496 e. The molecule has 0 saturated carbocycles. The fourth-order valence-electron chi connectivity index (χ4n) is 2.97. The molecule has 0 bridgehead atoms. The van der Waals surface area contributed by atoms with Crippen LogP contribution in [0.2, 0.25) is 10.0 Å². The van der Waals surface area contributed by atoms with Gasteiger partial charge in [-0.15, -0.1) is 11.3 Å². The number of halogens is 2. The fraction of sp³-hybridized carbons (Fsp3) is 0.0476. The molecule has 1 amide bonds. The normalized spacial score (nSPS) is 10.8. The van der Waals surface area contributed by atoms with E-state index in [0.29, 0.717) is 15.7 Å². The summed E-state index contributed by atoms with van der Waals surface area (Å²) in [7, 11) is 1.63. The highest BCUT2D eigenvalue weighted by Crippen LogP contribution is 2.38. The summed E-state index contributed by atoms with van der Waals surface area (Å²) in [5.41, 5.74) is 1.96. The number of carbonyl (C=O) groups is 1. The second-order valence-corrected chi connectivity index (χ2v) is 7.68. The minimum Gasteiger partial charge on any atom is -0.496 e. The maximum absolute atomic E-state index is 12.5. The van der Waals surface area contributed by atoms with Crippen molar-refractivity contribution in [1.29, 1.82) is 0 Å². The molecule has 0 fully saturated rings. The number of carbonyl (C=O) groups excluding carboxylic acids is 1. The van der Waals surface area contributed by atoms with Crippen LogP contribution in [0.3, 0.4) is 0 Å². The summed E-state index contributed by atoms with van der Waals surface area (Å²) in [5.74, 6) is 0.384. The summed E-state index contributed by atoms with van der Waals surface area (Å²) >= 11 is 13.3. The molecule has 4 aromatic rings. The van der Waals surface area contributed by atoms with Crippen molar-refractivity contribution in [2.45, 2.75) is 0 Å². The van der Waals surface area contributed by atoms with Gasteiger partial charge in [0, 0.05) is 10.4 Å². The van der Waals surface area contributed by atoms with Crippen molar-refractivity contribution in [3.63, 3.8) is 0 Å². The van der Waals surface area contributed by atoms with Gasteiger partial charge in [0.25, 0.3) is 5.91 Å². The van der Waals surface area contributed by atoms with Gasteiger partial charge < -0.3 is 4.74 Å². The van der Waals surface area contributed by atoms with Crippen molar-refractivity contribution in [1.82, 2.24) is 4.98 Å². The predicted octanol–water partition coefficient (Wildman–Crippen LogP) is 6.53. The lowest BCUT2D eigenvalue weighted by Crippen LogP contribution is -2.12. The number of hydrogen-bond donors (Lipinski definition) is 1. The predicted molar refractivity (Wildman–Crippen MR) is 116 cm³/mol. The number of hydrogen-bond acceptors (Lipinski definition) is 4. The topological polar surface area (TPSA) is 51.2 Å². The van der Waals surface area contributed by atoms with Gasteiger partial charge in [-0.05, 0) is 35.0 Å². The Morgan fingerprint density at radius 3 is 2.71 bits per heavy atom. The molecule has 0 aliphatic carbocycles. The van der Waals surface area contributed by atoms with E-state index in [1.54, 1.807) is 19.2 Å². The first-order valence-electron chi connectivity index (χ1n) is 8.35. The van der Waals surface area contributed by atoms with Crippen molar-refractivity contribution in [3.05, 3.63) is 75.6 Å². The van der Waals surface area contributed by atoms with Crippen molar-refractivity contribution < 1.29 is 9.53 Å². The lowest BCUT2D eigenvalue weighted by molar-refractivity contribution is 0.102. The van der Waals surface area contributed by atoms with Crippen LogP contribution in [0.5, 0.6) is 5.75 Å². The van der Waals surface area contributed by atoms with Gasteiger partial charge in [-0.1, -0.05) is 53.5 Å².